The van der Waals surface area contributed by atoms with E-state index in [1.54, 1.807) is 13.0 Å². The average molecular weight is 493 g/mol. The second-order valence-corrected chi connectivity index (χ2v) is 12.9. The SMILES string of the molecule is CC1=CC[C@]2(OC1=O)O[C@H]1O[C@H]3C[C@@]14[C@H](CC[C@@]4(C)C1=C3C=C3C=CC(=O)OC(C)(C)[C@@H]3CC1)[C@@H]2C. The highest BCUT2D eigenvalue weighted by Gasteiger charge is 2.76. The monoisotopic (exact) mass is 492 g/mol. The van der Waals surface area contributed by atoms with E-state index in [9.17, 15) is 9.59 Å². The van der Waals surface area contributed by atoms with Gasteiger partial charge in [0.2, 0.25) is 5.79 Å². The lowest BCUT2D eigenvalue weighted by Crippen LogP contribution is -2.63. The maximum absolute atomic E-state index is 12.6. The molecule has 7 aliphatic rings. The zero-order valence-corrected chi connectivity index (χ0v) is 21.9. The van der Waals surface area contributed by atoms with Crippen molar-refractivity contribution in [2.75, 3.05) is 0 Å². The van der Waals surface area contributed by atoms with E-state index in [1.807, 2.05) is 26.0 Å². The molecule has 0 amide bonds. The number of allylic oxidation sites excluding steroid dienone is 2. The van der Waals surface area contributed by atoms with Gasteiger partial charge < -0.3 is 18.9 Å². The zero-order valence-electron chi connectivity index (χ0n) is 21.9. The van der Waals surface area contributed by atoms with Gasteiger partial charge >= 0.3 is 11.9 Å². The van der Waals surface area contributed by atoms with E-state index < -0.39 is 17.7 Å². The molecule has 2 saturated heterocycles. The fourth-order valence-electron chi connectivity index (χ4n) is 9.22. The first-order chi connectivity index (χ1) is 17.0. The molecule has 6 nitrogen and oxygen atoms in total. The molecule has 192 valence electrons. The van der Waals surface area contributed by atoms with Crippen molar-refractivity contribution in [2.24, 2.45) is 28.6 Å². The van der Waals surface area contributed by atoms with Crippen LogP contribution in [0.3, 0.4) is 0 Å². The molecule has 6 heteroatoms. The summed E-state index contributed by atoms with van der Waals surface area (Å²) >= 11 is 0. The topological polar surface area (TPSA) is 71.1 Å². The van der Waals surface area contributed by atoms with Crippen LogP contribution in [0.25, 0.3) is 0 Å². The maximum atomic E-state index is 12.6. The minimum atomic E-state index is -0.952. The van der Waals surface area contributed by atoms with Gasteiger partial charge in [-0.1, -0.05) is 37.6 Å². The summed E-state index contributed by atoms with van der Waals surface area (Å²) in [6.07, 6.45) is 12.9. The van der Waals surface area contributed by atoms with Crippen LogP contribution in [0, 0.1) is 28.6 Å². The molecule has 4 heterocycles. The van der Waals surface area contributed by atoms with Crippen molar-refractivity contribution >= 4 is 11.9 Å². The lowest BCUT2D eigenvalue weighted by Gasteiger charge is -2.58. The standard InChI is InChI=1S/C30H36O6/c1-16-10-13-30(35-25(16)32)17(2)20-11-12-28(5)22-8-7-21-18(6-9-24(31)34-27(21,3)4)14-19(22)23-15-29(20,28)26(33-23)36-30/h6,9-10,14,17,20-21,23,26H,7-8,11-13,15H2,1-5H3/t17-,20+,21+,23-,26+,28-,29+,30-/m0/s1. The van der Waals surface area contributed by atoms with Crippen molar-refractivity contribution in [1.29, 1.82) is 0 Å². The van der Waals surface area contributed by atoms with Crippen molar-refractivity contribution < 1.29 is 28.5 Å². The van der Waals surface area contributed by atoms with Crippen LogP contribution in [0.15, 0.2) is 46.6 Å². The van der Waals surface area contributed by atoms with Gasteiger partial charge in [-0.3, -0.25) is 0 Å². The Bertz CT molecular complexity index is 1200. The number of esters is 2. The van der Waals surface area contributed by atoms with E-state index in [4.69, 9.17) is 18.9 Å². The Balaban J connectivity index is 1.33. The fourth-order valence-corrected chi connectivity index (χ4v) is 9.22. The molecule has 36 heavy (non-hydrogen) atoms. The van der Waals surface area contributed by atoms with Crippen LogP contribution < -0.4 is 0 Å². The maximum Gasteiger partial charge on any atom is 0.335 e. The van der Waals surface area contributed by atoms with Gasteiger partial charge in [-0.15, -0.1) is 0 Å². The Morgan fingerprint density at radius 2 is 1.86 bits per heavy atom. The predicted octanol–water partition coefficient (Wildman–Crippen LogP) is 5.30. The third-order valence-electron chi connectivity index (χ3n) is 11.1. The Hall–Kier alpha value is -2.18. The number of hydrogen-bond donors (Lipinski definition) is 0. The number of carbonyl (C=O) groups excluding carboxylic acids is 2. The third-order valence-corrected chi connectivity index (χ3v) is 11.1. The average Bonchev–Trinajstić information content (AvgIpc) is 3.19. The number of hydrogen-bond acceptors (Lipinski definition) is 6. The van der Waals surface area contributed by atoms with E-state index >= 15 is 0 Å². The van der Waals surface area contributed by atoms with Crippen molar-refractivity contribution in [2.45, 2.75) is 96.9 Å². The molecule has 0 unspecified atom stereocenters. The normalized spacial score (nSPS) is 48.2. The molecular formula is C30H36O6. The fraction of sp³-hybridized carbons (Fsp3) is 0.667. The van der Waals surface area contributed by atoms with Crippen LogP contribution in [-0.4, -0.2) is 35.7 Å². The third kappa shape index (κ3) is 2.65. The summed E-state index contributed by atoms with van der Waals surface area (Å²) in [6.45, 7) is 10.5. The molecule has 0 N–H and O–H groups in total. The molecule has 2 bridgehead atoms. The molecule has 2 spiro atoms. The Morgan fingerprint density at radius 1 is 1.06 bits per heavy atom. The number of rotatable bonds is 0. The Labute approximate surface area is 212 Å². The predicted molar refractivity (Wildman–Crippen MR) is 131 cm³/mol. The van der Waals surface area contributed by atoms with E-state index in [2.05, 4.69) is 19.9 Å². The molecule has 4 aliphatic heterocycles. The molecule has 3 fully saturated rings. The van der Waals surface area contributed by atoms with Crippen molar-refractivity contribution in [1.82, 2.24) is 0 Å². The summed E-state index contributed by atoms with van der Waals surface area (Å²) < 4.78 is 25.5. The summed E-state index contributed by atoms with van der Waals surface area (Å²) in [5.74, 6) is -0.927. The molecule has 1 saturated carbocycles. The summed E-state index contributed by atoms with van der Waals surface area (Å²) in [4.78, 5) is 24.9. The van der Waals surface area contributed by atoms with Gasteiger partial charge in [0, 0.05) is 35.3 Å². The van der Waals surface area contributed by atoms with E-state index in [0.717, 1.165) is 37.7 Å². The summed E-state index contributed by atoms with van der Waals surface area (Å²) in [6, 6.07) is 0. The summed E-state index contributed by atoms with van der Waals surface area (Å²) in [7, 11) is 0. The van der Waals surface area contributed by atoms with Crippen LogP contribution in [0.2, 0.25) is 0 Å². The lowest BCUT2D eigenvalue weighted by molar-refractivity contribution is -0.373. The lowest BCUT2D eigenvalue weighted by atomic mass is 9.51. The number of carbonyl (C=O) groups is 2. The first kappa shape index (κ1) is 23.0. The first-order valence-electron chi connectivity index (χ1n) is 13.6. The minimum absolute atomic E-state index is 0.0455. The Kier molecular flexibility index (Phi) is 4.48. The zero-order chi connectivity index (χ0) is 25.3. The van der Waals surface area contributed by atoms with Gasteiger partial charge in [0.15, 0.2) is 6.29 Å². The van der Waals surface area contributed by atoms with Crippen LogP contribution in [0.4, 0.5) is 0 Å². The van der Waals surface area contributed by atoms with Gasteiger partial charge in [0.25, 0.3) is 0 Å². The largest absolute Gasteiger partial charge is 0.456 e. The molecular weight excluding hydrogens is 456 g/mol. The number of cyclic esters (lactones) is 1. The molecule has 0 aromatic heterocycles. The number of ether oxygens (including phenoxy) is 4. The quantitative estimate of drug-likeness (QED) is 0.428. The van der Waals surface area contributed by atoms with E-state index in [1.165, 1.54) is 11.1 Å². The van der Waals surface area contributed by atoms with Gasteiger partial charge in [0.1, 0.15) is 5.60 Å². The highest BCUT2D eigenvalue weighted by Crippen LogP contribution is 2.76. The molecule has 0 radical (unpaired) electrons. The highest BCUT2D eigenvalue weighted by atomic mass is 16.8. The second-order valence-electron chi connectivity index (χ2n) is 12.9. The molecule has 0 aromatic carbocycles. The van der Waals surface area contributed by atoms with Gasteiger partial charge in [0.05, 0.1) is 6.10 Å². The van der Waals surface area contributed by atoms with Crippen molar-refractivity contribution in [3.8, 4) is 0 Å². The highest BCUT2D eigenvalue weighted by molar-refractivity contribution is 5.88. The van der Waals surface area contributed by atoms with Crippen LogP contribution >= 0.6 is 0 Å². The van der Waals surface area contributed by atoms with E-state index in [-0.39, 0.29) is 40.7 Å². The van der Waals surface area contributed by atoms with Gasteiger partial charge in [-0.25, -0.2) is 9.59 Å². The molecule has 8 atom stereocenters. The molecule has 3 aliphatic carbocycles. The minimum Gasteiger partial charge on any atom is -0.456 e. The van der Waals surface area contributed by atoms with Gasteiger partial charge in [-0.05, 0) is 75.4 Å². The molecule has 7 rings (SSSR count). The van der Waals surface area contributed by atoms with Crippen molar-refractivity contribution in [3.05, 3.63) is 46.6 Å². The summed E-state index contributed by atoms with van der Waals surface area (Å²) in [5, 5.41) is 0. The van der Waals surface area contributed by atoms with Crippen molar-refractivity contribution in [3.63, 3.8) is 0 Å². The smallest absolute Gasteiger partial charge is 0.335 e. The van der Waals surface area contributed by atoms with Crippen LogP contribution in [0.5, 0.6) is 0 Å². The number of fused-ring (bicyclic) bond motifs is 4. The Morgan fingerprint density at radius 3 is 2.64 bits per heavy atom. The summed E-state index contributed by atoms with van der Waals surface area (Å²) in [5.41, 5.74) is 3.84. The van der Waals surface area contributed by atoms with Crippen LogP contribution in [0.1, 0.15) is 73.1 Å². The molecule has 0 aromatic rings. The first-order valence-corrected chi connectivity index (χ1v) is 13.6. The van der Waals surface area contributed by atoms with Crippen LogP contribution in [-0.2, 0) is 28.5 Å². The second kappa shape index (κ2) is 7.02. The van der Waals surface area contributed by atoms with E-state index in [0.29, 0.717) is 17.9 Å². The van der Waals surface area contributed by atoms with Gasteiger partial charge in [-0.2, -0.15) is 0 Å².